The van der Waals surface area contributed by atoms with Gasteiger partial charge in [0.15, 0.2) is 0 Å². The van der Waals surface area contributed by atoms with Crippen molar-refractivity contribution in [2.45, 2.75) is 45.6 Å². The summed E-state index contributed by atoms with van der Waals surface area (Å²) in [7, 11) is 1.92. The van der Waals surface area contributed by atoms with Crippen molar-refractivity contribution < 1.29 is 4.79 Å². The van der Waals surface area contributed by atoms with Crippen LogP contribution in [0.5, 0.6) is 0 Å². The maximum atomic E-state index is 11.7. The van der Waals surface area contributed by atoms with Crippen LogP contribution in [0.25, 0.3) is 0 Å². The van der Waals surface area contributed by atoms with Gasteiger partial charge in [0.1, 0.15) is 0 Å². The van der Waals surface area contributed by atoms with Gasteiger partial charge in [-0.3, -0.25) is 4.79 Å². The molecule has 0 aromatic rings. The Labute approximate surface area is 136 Å². The molecule has 122 valence electrons. The van der Waals surface area contributed by atoms with Crippen LogP contribution in [0.3, 0.4) is 0 Å². The first kappa shape index (κ1) is 22.3. The first-order valence-corrected chi connectivity index (χ1v) is 7.28. The van der Waals surface area contributed by atoms with Gasteiger partial charge in [0.05, 0.1) is 0 Å². The third-order valence-corrected chi connectivity index (χ3v) is 3.41. The molecular weight excluding hydrogens is 297 g/mol. The van der Waals surface area contributed by atoms with E-state index < -0.39 is 0 Å². The summed E-state index contributed by atoms with van der Waals surface area (Å²) in [6.07, 6.45) is 3.77. The van der Waals surface area contributed by atoms with E-state index in [1.54, 1.807) is 0 Å². The van der Waals surface area contributed by atoms with E-state index in [4.69, 9.17) is 0 Å². The highest BCUT2D eigenvalue weighted by atomic mass is 35.5. The molecule has 0 unspecified atom stereocenters. The van der Waals surface area contributed by atoms with E-state index in [1.807, 2.05) is 7.05 Å². The molecule has 4 nitrogen and oxygen atoms in total. The topological polar surface area (TPSA) is 44.4 Å². The van der Waals surface area contributed by atoms with Crippen molar-refractivity contribution >= 4 is 30.7 Å². The normalized spacial score (nSPS) is 16.4. The second-order valence-electron chi connectivity index (χ2n) is 5.74. The van der Waals surface area contributed by atoms with Gasteiger partial charge in [0.2, 0.25) is 5.91 Å². The summed E-state index contributed by atoms with van der Waals surface area (Å²) < 4.78 is 0. The zero-order valence-electron chi connectivity index (χ0n) is 13.0. The minimum Gasteiger partial charge on any atom is -0.353 e. The van der Waals surface area contributed by atoms with Crippen molar-refractivity contribution in [3.63, 3.8) is 0 Å². The number of nitrogens with zero attached hydrogens (tertiary/aromatic N) is 1. The molecule has 1 aliphatic rings. The number of amides is 1. The summed E-state index contributed by atoms with van der Waals surface area (Å²) in [4.78, 5) is 14.2. The summed E-state index contributed by atoms with van der Waals surface area (Å²) in [6, 6.07) is 0.399. The minimum absolute atomic E-state index is 0. The molecule has 20 heavy (non-hydrogen) atoms. The van der Waals surface area contributed by atoms with Gasteiger partial charge in [-0.15, -0.1) is 24.8 Å². The molecule has 0 spiro atoms. The number of likely N-dealkylation sites (tertiary alicyclic amines) is 1. The molecule has 1 saturated heterocycles. The number of nitrogens with one attached hydrogen (secondary N) is 2. The fourth-order valence-corrected chi connectivity index (χ4v) is 2.50. The van der Waals surface area contributed by atoms with Gasteiger partial charge in [-0.1, -0.05) is 13.8 Å². The number of hydrogen-bond donors (Lipinski definition) is 2. The average Bonchev–Trinajstić information content (AvgIpc) is 2.31. The van der Waals surface area contributed by atoms with Crippen molar-refractivity contribution in [2.24, 2.45) is 5.92 Å². The van der Waals surface area contributed by atoms with E-state index in [-0.39, 0.29) is 30.7 Å². The van der Waals surface area contributed by atoms with Crippen molar-refractivity contribution in [1.29, 1.82) is 0 Å². The van der Waals surface area contributed by atoms with Crippen molar-refractivity contribution in [1.82, 2.24) is 15.5 Å². The molecule has 0 aliphatic carbocycles. The third kappa shape index (κ3) is 9.81. The quantitative estimate of drug-likeness (QED) is 0.703. The standard InChI is InChI=1S/C14H29N3O.2ClH/c1-12(2)11-17-9-6-13(7-10-17)16-14(18)5-4-8-15-3;;/h12-13,15H,4-11H2,1-3H3,(H,16,18);2*1H. The van der Waals surface area contributed by atoms with Crippen LogP contribution in [0.2, 0.25) is 0 Å². The fraction of sp³-hybridized carbons (Fsp3) is 0.929. The Kier molecular flexibility index (Phi) is 14.1. The molecule has 0 bridgehead atoms. The lowest BCUT2D eigenvalue weighted by Crippen LogP contribution is -2.45. The van der Waals surface area contributed by atoms with Crippen LogP contribution < -0.4 is 10.6 Å². The molecule has 1 amide bonds. The van der Waals surface area contributed by atoms with Crippen LogP contribution in [0.15, 0.2) is 0 Å². The zero-order chi connectivity index (χ0) is 13.4. The summed E-state index contributed by atoms with van der Waals surface area (Å²) in [5, 5.41) is 6.22. The Bertz CT molecular complexity index is 245. The lowest BCUT2D eigenvalue weighted by molar-refractivity contribution is -0.122. The average molecular weight is 328 g/mol. The molecule has 0 atom stereocenters. The molecule has 1 rings (SSSR count). The zero-order valence-corrected chi connectivity index (χ0v) is 14.6. The van der Waals surface area contributed by atoms with Crippen LogP contribution >= 0.6 is 24.8 Å². The van der Waals surface area contributed by atoms with Crippen molar-refractivity contribution in [3.8, 4) is 0 Å². The number of rotatable bonds is 7. The summed E-state index contributed by atoms with van der Waals surface area (Å²) in [5.74, 6) is 0.949. The number of halogens is 2. The highest BCUT2D eigenvalue weighted by molar-refractivity contribution is 5.85. The Morgan fingerprint density at radius 3 is 2.35 bits per heavy atom. The van der Waals surface area contributed by atoms with Crippen LogP contribution in [0, 0.1) is 5.92 Å². The van der Waals surface area contributed by atoms with E-state index in [1.165, 1.54) is 6.54 Å². The molecule has 6 heteroatoms. The number of piperidine rings is 1. The van der Waals surface area contributed by atoms with Gasteiger partial charge in [0, 0.05) is 32.1 Å². The van der Waals surface area contributed by atoms with Gasteiger partial charge in [-0.05, 0) is 38.8 Å². The molecule has 1 aliphatic heterocycles. The molecular formula is C14H31Cl2N3O. The van der Waals surface area contributed by atoms with Gasteiger partial charge < -0.3 is 15.5 Å². The van der Waals surface area contributed by atoms with Crippen LogP contribution in [-0.4, -0.2) is 50.1 Å². The smallest absolute Gasteiger partial charge is 0.220 e. The molecule has 1 heterocycles. The van der Waals surface area contributed by atoms with Crippen LogP contribution in [0.4, 0.5) is 0 Å². The third-order valence-electron chi connectivity index (χ3n) is 3.41. The lowest BCUT2D eigenvalue weighted by atomic mass is 10.0. The highest BCUT2D eigenvalue weighted by Crippen LogP contribution is 2.12. The number of hydrogen-bond acceptors (Lipinski definition) is 3. The minimum atomic E-state index is 0. The lowest BCUT2D eigenvalue weighted by Gasteiger charge is -2.33. The van der Waals surface area contributed by atoms with Gasteiger partial charge in [0.25, 0.3) is 0 Å². The van der Waals surface area contributed by atoms with Gasteiger partial charge in [-0.25, -0.2) is 0 Å². The van der Waals surface area contributed by atoms with Gasteiger partial charge >= 0.3 is 0 Å². The van der Waals surface area contributed by atoms with E-state index >= 15 is 0 Å². The second-order valence-corrected chi connectivity index (χ2v) is 5.74. The first-order valence-electron chi connectivity index (χ1n) is 7.28. The summed E-state index contributed by atoms with van der Waals surface area (Å²) in [5.41, 5.74) is 0. The van der Waals surface area contributed by atoms with Crippen LogP contribution in [0.1, 0.15) is 39.5 Å². The molecule has 0 radical (unpaired) electrons. The fourth-order valence-electron chi connectivity index (χ4n) is 2.50. The molecule has 1 fully saturated rings. The Balaban J connectivity index is 0. The highest BCUT2D eigenvalue weighted by Gasteiger charge is 2.20. The largest absolute Gasteiger partial charge is 0.353 e. The maximum absolute atomic E-state index is 11.7. The van der Waals surface area contributed by atoms with Crippen molar-refractivity contribution in [2.75, 3.05) is 33.2 Å². The van der Waals surface area contributed by atoms with Crippen LogP contribution in [-0.2, 0) is 4.79 Å². The number of carbonyl (C=O) groups excluding carboxylic acids is 1. The summed E-state index contributed by atoms with van der Waals surface area (Å²) >= 11 is 0. The monoisotopic (exact) mass is 327 g/mol. The summed E-state index contributed by atoms with van der Waals surface area (Å²) in [6.45, 7) is 8.87. The predicted octanol–water partition coefficient (Wildman–Crippen LogP) is 2.07. The predicted molar refractivity (Wildman–Crippen MR) is 90.1 cm³/mol. The molecule has 2 N–H and O–H groups in total. The van der Waals surface area contributed by atoms with Gasteiger partial charge in [-0.2, -0.15) is 0 Å². The van der Waals surface area contributed by atoms with E-state index in [2.05, 4.69) is 29.4 Å². The Hall–Kier alpha value is -0.0300. The molecule has 0 aromatic heterocycles. The Morgan fingerprint density at radius 1 is 1.25 bits per heavy atom. The maximum Gasteiger partial charge on any atom is 0.220 e. The van der Waals surface area contributed by atoms with E-state index in [0.717, 1.165) is 44.8 Å². The molecule has 0 saturated carbocycles. The second kappa shape index (κ2) is 12.7. The number of carbonyl (C=O) groups is 1. The van der Waals surface area contributed by atoms with E-state index in [9.17, 15) is 4.79 Å². The van der Waals surface area contributed by atoms with Crippen molar-refractivity contribution in [3.05, 3.63) is 0 Å². The SMILES string of the molecule is CNCCCC(=O)NC1CCN(CC(C)C)CC1.Cl.Cl. The first-order chi connectivity index (χ1) is 8.61. The molecule has 0 aromatic carbocycles. The van der Waals surface area contributed by atoms with E-state index in [0.29, 0.717) is 12.5 Å². The Morgan fingerprint density at radius 2 is 1.85 bits per heavy atom.